The van der Waals surface area contributed by atoms with E-state index in [-0.39, 0.29) is 24.5 Å². The van der Waals surface area contributed by atoms with Gasteiger partial charge in [0.1, 0.15) is 11.3 Å². The van der Waals surface area contributed by atoms with E-state index < -0.39 is 5.97 Å². The van der Waals surface area contributed by atoms with Crippen LogP contribution in [-0.2, 0) is 4.79 Å². The summed E-state index contributed by atoms with van der Waals surface area (Å²) in [5, 5.41) is 11.7. The molecule has 0 unspecified atom stereocenters. The average Bonchev–Trinajstić information content (AvgIpc) is 2.31. The number of benzene rings is 1. The molecular weight excluding hydrogens is 234 g/mol. The second-order valence-electron chi connectivity index (χ2n) is 3.81. The molecule has 98 valence electrons. The van der Waals surface area contributed by atoms with Crippen molar-refractivity contribution in [1.29, 1.82) is 0 Å². The highest BCUT2D eigenvalue weighted by atomic mass is 16.5. The lowest BCUT2D eigenvalue weighted by atomic mass is 10.1. The fraction of sp³-hybridized carbons (Fsp3) is 0.385. The topological polar surface area (TPSA) is 75.6 Å². The van der Waals surface area contributed by atoms with Crippen LogP contribution in [0.15, 0.2) is 18.2 Å². The van der Waals surface area contributed by atoms with E-state index >= 15 is 0 Å². The van der Waals surface area contributed by atoms with Crippen LogP contribution in [0, 0.1) is 6.92 Å². The number of para-hydroxylation sites is 1. The van der Waals surface area contributed by atoms with E-state index in [0.717, 1.165) is 5.56 Å². The van der Waals surface area contributed by atoms with Gasteiger partial charge in [-0.05, 0) is 25.5 Å². The van der Waals surface area contributed by atoms with Gasteiger partial charge >= 0.3 is 5.97 Å². The first kappa shape index (κ1) is 14.0. The third-order valence-electron chi connectivity index (χ3n) is 2.39. The quantitative estimate of drug-likeness (QED) is 0.805. The third kappa shape index (κ3) is 3.76. The molecule has 1 amide bonds. The van der Waals surface area contributed by atoms with Gasteiger partial charge < -0.3 is 15.2 Å². The lowest BCUT2D eigenvalue weighted by molar-refractivity contribution is -0.121. The third-order valence-corrected chi connectivity index (χ3v) is 2.39. The Balaban J connectivity index is 2.67. The summed E-state index contributed by atoms with van der Waals surface area (Å²) in [6.07, 6.45) is 0.210. The van der Waals surface area contributed by atoms with Crippen molar-refractivity contribution >= 4 is 11.9 Å². The van der Waals surface area contributed by atoms with Gasteiger partial charge in [0.05, 0.1) is 13.0 Å². The van der Waals surface area contributed by atoms with Crippen LogP contribution in [-0.4, -0.2) is 30.1 Å². The highest BCUT2D eigenvalue weighted by Gasteiger charge is 2.13. The molecule has 1 aromatic carbocycles. The molecule has 18 heavy (non-hydrogen) atoms. The standard InChI is InChI=1S/C13H17NO4/c1-3-14-11(15)7-8-18-12-9(2)5-4-6-10(12)13(16)17/h4-6H,3,7-8H2,1-2H3,(H,14,15)(H,16,17). The number of carboxylic acid groups (broad SMARTS) is 1. The molecule has 0 aliphatic rings. The second kappa shape index (κ2) is 6.64. The lowest BCUT2D eigenvalue weighted by Gasteiger charge is -2.11. The molecule has 0 heterocycles. The van der Waals surface area contributed by atoms with Crippen LogP contribution in [0.2, 0.25) is 0 Å². The minimum atomic E-state index is -1.04. The van der Waals surface area contributed by atoms with Crippen LogP contribution in [0.5, 0.6) is 5.75 Å². The maximum absolute atomic E-state index is 11.2. The minimum Gasteiger partial charge on any atom is -0.492 e. The van der Waals surface area contributed by atoms with Gasteiger partial charge in [-0.3, -0.25) is 4.79 Å². The van der Waals surface area contributed by atoms with E-state index in [1.165, 1.54) is 6.07 Å². The Bertz CT molecular complexity index is 443. The summed E-state index contributed by atoms with van der Waals surface area (Å²) in [5.41, 5.74) is 0.858. The van der Waals surface area contributed by atoms with Crippen molar-refractivity contribution in [3.8, 4) is 5.75 Å². The fourth-order valence-electron chi connectivity index (χ4n) is 1.54. The van der Waals surface area contributed by atoms with E-state index in [2.05, 4.69) is 5.32 Å². The molecule has 5 heteroatoms. The molecule has 0 radical (unpaired) electrons. The lowest BCUT2D eigenvalue weighted by Crippen LogP contribution is -2.24. The molecule has 0 aliphatic carbocycles. The maximum atomic E-state index is 11.2. The molecule has 0 aromatic heterocycles. The summed E-state index contributed by atoms with van der Waals surface area (Å²) in [5.74, 6) is -0.816. The van der Waals surface area contributed by atoms with E-state index in [4.69, 9.17) is 9.84 Å². The number of carbonyl (C=O) groups is 2. The van der Waals surface area contributed by atoms with Gasteiger partial charge in [0, 0.05) is 6.54 Å². The van der Waals surface area contributed by atoms with Gasteiger partial charge in [-0.25, -0.2) is 4.79 Å². The summed E-state index contributed by atoms with van der Waals surface area (Å²) in [6.45, 7) is 4.34. The van der Waals surface area contributed by atoms with Crippen molar-refractivity contribution in [3.63, 3.8) is 0 Å². The number of aryl methyl sites for hydroxylation is 1. The van der Waals surface area contributed by atoms with Crippen molar-refractivity contribution in [2.75, 3.05) is 13.2 Å². The fourth-order valence-corrected chi connectivity index (χ4v) is 1.54. The number of carbonyl (C=O) groups excluding carboxylic acids is 1. The number of aromatic carboxylic acids is 1. The van der Waals surface area contributed by atoms with Crippen molar-refractivity contribution < 1.29 is 19.4 Å². The smallest absolute Gasteiger partial charge is 0.339 e. The Morgan fingerprint density at radius 2 is 2.11 bits per heavy atom. The highest BCUT2D eigenvalue weighted by Crippen LogP contribution is 2.23. The molecule has 5 nitrogen and oxygen atoms in total. The predicted octanol–water partition coefficient (Wildman–Crippen LogP) is 1.60. The zero-order valence-corrected chi connectivity index (χ0v) is 10.5. The Hall–Kier alpha value is -2.04. The summed E-state index contributed by atoms with van der Waals surface area (Å²) < 4.78 is 5.40. The molecule has 1 aromatic rings. The molecule has 0 spiro atoms. The SMILES string of the molecule is CCNC(=O)CCOc1c(C)cccc1C(=O)O. The van der Waals surface area contributed by atoms with E-state index in [0.29, 0.717) is 12.3 Å². The molecule has 0 fully saturated rings. The van der Waals surface area contributed by atoms with Gasteiger partial charge in [-0.1, -0.05) is 12.1 Å². The molecule has 0 saturated carbocycles. The molecule has 0 atom stereocenters. The van der Waals surface area contributed by atoms with Crippen LogP contribution in [0.1, 0.15) is 29.3 Å². The molecule has 2 N–H and O–H groups in total. The Morgan fingerprint density at radius 1 is 1.39 bits per heavy atom. The zero-order valence-electron chi connectivity index (χ0n) is 10.5. The van der Waals surface area contributed by atoms with Crippen LogP contribution < -0.4 is 10.1 Å². The molecule has 0 bridgehead atoms. The van der Waals surface area contributed by atoms with Crippen molar-refractivity contribution in [2.45, 2.75) is 20.3 Å². The number of hydrogen-bond acceptors (Lipinski definition) is 3. The number of amides is 1. The van der Waals surface area contributed by atoms with E-state index in [9.17, 15) is 9.59 Å². The highest BCUT2D eigenvalue weighted by molar-refractivity contribution is 5.91. The zero-order chi connectivity index (χ0) is 13.5. The number of hydrogen-bond donors (Lipinski definition) is 2. The summed E-state index contributed by atoms with van der Waals surface area (Å²) in [4.78, 5) is 22.2. The first-order chi connectivity index (χ1) is 8.56. The van der Waals surface area contributed by atoms with Gasteiger partial charge in [-0.2, -0.15) is 0 Å². The largest absolute Gasteiger partial charge is 0.492 e. The number of ether oxygens (including phenoxy) is 1. The number of rotatable bonds is 6. The average molecular weight is 251 g/mol. The summed E-state index contributed by atoms with van der Waals surface area (Å²) in [6, 6.07) is 4.92. The van der Waals surface area contributed by atoms with Crippen molar-refractivity contribution in [1.82, 2.24) is 5.32 Å². The van der Waals surface area contributed by atoms with Crippen LogP contribution in [0.3, 0.4) is 0 Å². The van der Waals surface area contributed by atoms with E-state index in [1.807, 2.05) is 6.92 Å². The minimum absolute atomic E-state index is 0.108. The van der Waals surface area contributed by atoms with Crippen LogP contribution in [0.25, 0.3) is 0 Å². The molecule has 0 saturated heterocycles. The first-order valence-corrected chi connectivity index (χ1v) is 5.78. The summed E-state index contributed by atoms with van der Waals surface area (Å²) >= 11 is 0. The Kier molecular flexibility index (Phi) is 5.17. The predicted molar refractivity (Wildman–Crippen MR) is 66.9 cm³/mol. The van der Waals surface area contributed by atoms with Crippen molar-refractivity contribution in [3.05, 3.63) is 29.3 Å². The first-order valence-electron chi connectivity index (χ1n) is 5.78. The van der Waals surface area contributed by atoms with Crippen LogP contribution >= 0.6 is 0 Å². The van der Waals surface area contributed by atoms with E-state index in [1.54, 1.807) is 19.1 Å². The van der Waals surface area contributed by atoms with Gasteiger partial charge in [0.2, 0.25) is 5.91 Å². The number of nitrogens with one attached hydrogen (secondary N) is 1. The normalized spacial score (nSPS) is 9.89. The molecular formula is C13H17NO4. The summed E-state index contributed by atoms with van der Waals surface area (Å²) in [7, 11) is 0. The number of carboxylic acids is 1. The Labute approximate surface area is 106 Å². The Morgan fingerprint density at radius 3 is 2.72 bits per heavy atom. The maximum Gasteiger partial charge on any atom is 0.339 e. The van der Waals surface area contributed by atoms with Gasteiger partial charge in [0.25, 0.3) is 0 Å². The van der Waals surface area contributed by atoms with Crippen molar-refractivity contribution in [2.24, 2.45) is 0 Å². The molecule has 1 rings (SSSR count). The second-order valence-corrected chi connectivity index (χ2v) is 3.81. The van der Waals surface area contributed by atoms with Gasteiger partial charge in [0.15, 0.2) is 0 Å². The van der Waals surface area contributed by atoms with Crippen LogP contribution in [0.4, 0.5) is 0 Å². The monoisotopic (exact) mass is 251 g/mol. The molecule has 0 aliphatic heterocycles. The van der Waals surface area contributed by atoms with Gasteiger partial charge in [-0.15, -0.1) is 0 Å².